The standard InChI is InChI=1S/C27H32Cl2N2O4/c1-3-5-6-15-30-26(33)27(14-4-2)24(22-13-10-20(28)18-23(22)29)35-25(31-27)19-8-11-21(12-9-19)34-17-7-16-32/h4,8-13,18,24,32H,2-3,5-7,14-17H2,1H3,(H,30,33)/t24-,27-/m1/s1. The van der Waals surface area contributed by atoms with E-state index in [1.807, 2.05) is 12.1 Å². The Morgan fingerprint density at radius 3 is 2.66 bits per heavy atom. The van der Waals surface area contributed by atoms with Gasteiger partial charge in [0.1, 0.15) is 5.75 Å². The van der Waals surface area contributed by atoms with Gasteiger partial charge < -0.3 is 19.9 Å². The lowest BCUT2D eigenvalue weighted by molar-refractivity contribution is -0.128. The average Bonchev–Trinajstić information content (AvgIpc) is 3.23. The number of aliphatic hydroxyl groups is 1. The van der Waals surface area contributed by atoms with Crippen LogP contribution in [0.5, 0.6) is 5.75 Å². The van der Waals surface area contributed by atoms with Gasteiger partial charge in [0.05, 0.1) is 6.61 Å². The number of amides is 1. The van der Waals surface area contributed by atoms with Gasteiger partial charge in [-0.05, 0) is 42.8 Å². The molecule has 8 heteroatoms. The normalized spacial score (nSPS) is 19.1. The molecule has 1 aliphatic heterocycles. The zero-order chi connectivity index (χ0) is 25.3. The predicted molar refractivity (Wildman–Crippen MR) is 141 cm³/mol. The van der Waals surface area contributed by atoms with Crippen LogP contribution in [0, 0.1) is 0 Å². The van der Waals surface area contributed by atoms with Crippen molar-refractivity contribution in [2.24, 2.45) is 4.99 Å². The van der Waals surface area contributed by atoms with Gasteiger partial charge >= 0.3 is 0 Å². The zero-order valence-corrected chi connectivity index (χ0v) is 21.4. The summed E-state index contributed by atoms with van der Waals surface area (Å²) < 4.78 is 12.0. The summed E-state index contributed by atoms with van der Waals surface area (Å²) in [5, 5.41) is 12.9. The molecule has 0 fully saturated rings. The molecule has 2 atom stereocenters. The highest BCUT2D eigenvalue weighted by molar-refractivity contribution is 6.35. The van der Waals surface area contributed by atoms with Crippen molar-refractivity contribution >= 4 is 35.0 Å². The van der Waals surface area contributed by atoms with E-state index in [4.69, 9.17) is 42.8 Å². The number of aliphatic hydroxyl groups excluding tert-OH is 1. The topological polar surface area (TPSA) is 80.2 Å². The van der Waals surface area contributed by atoms with Gasteiger partial charge in [-0.15, -0.1) is 6.58 Å². The SMILES string of the molecule is C=CC[C@@]1(C(=O)NCCCCC)N=C(c2ccc(OCCCO)cc2)O[C@@H]1c1ccc(Cl)cc1Cl. The molecule has 1 heterocycles. The van der Waals surface area contributed by atoms with Crippen LogP contribution in [0.2, 0.25) is 10.0 Å². The Morgan fingerprint density at radius 2 is 2.00 bits per heavy atom. The highest BCUT2D eigenvalue weighted by atomic mass is 35.5. The van der Waals surface area contributed by atoms with Crippen molar-refractivity contribution in [2.75, 3.05) is 19.8 Å². The number of halogens is 2. The molecule has 0 bridgehead atoms. The quantitative estimate of drug-likeness (QED) is 0.255. The maximum atomic E-state index is 13.6. The molecule has 0 aromatic heterocycles. The second-order valence-electron chi connectivity index (χ2n) is 8.41. The van der Waals surface area contributed by atoms with Crippen molar-refractivity contribution in [1.29, 1.82) is 0 Å². The average molecular weight is 519 g/mol. The van der Waals surface area contributed by atoms with Crippen molar-refractivity contribution in [1.82, 2.24) is 5.32 Å². The van der Waals surface area contributed by atoms with E-state index in [-0.39, 0.29) is 18.9 Å². The van der Waals surface area contributed by atoms with E-state index in [1.54, 1.807) is 36.4 Å². The molecule has 3 rings (SSSR count). The van der Waals surface area contributed by atoms with E-state index >= 15 is 0 Å². The van der Waals surface area contributed by atoms with Crippen molar-refractivity contribution in [3.8, 4) is 5.75 Å². The minimum absolute atomic E-state index is 0.0727. The molecule has 0 aliphatic carbocycles. The molecule has 0 unspecified atom stereocenters. The van der Waals surface area contributed by atoms with Gasteiger partial charge in [-0.2, -0.15) is 0 Å². The van der Waals surface area contributed by atoms with Gasteiger partial charge in [0.2, 0.25) is 5.90 Å². The first kappa shape index (κ1) is 27.1. The summed E-state index contributed by atoms with van der Waals surface area (Å²) in [7, 11) is 0. The molecule has 1 amide bonds. The molecule has 35 heavy (non-hydrogen) atoms. The molecule has 6 nitrogen and oxygen atoms in total. The molecule has 1 aliphatic rings. The third-order valence-electron chi connectivity index (χ3n) is 5.80. The van der Waals surface area contributed by atoms with Crippen molar-refractivity contribution in [2.45, 2.75) is 50.7 Å². The number of carbonyl (C=O) groups excluding carboxylic acids is 1. The molecule has 2 aromatic carbocycles. The van der Waals surface area contributed by atoms with Crippen LogP contribution in [0.1, 0.15) is 56.3 Å². The molecule has 188 valence electrons. The molecular formula is C27H32Cl2N2O4. The van der Waals surface area contributed by atoms with E-state index < -0.39 is 11.6 Å². The van der Waals surface area contributed by atoms with Crippen LogP contribution < -0.4 is 10.1 Å². The third-order valence-corrected chi connectivity index (χ3v) is 6.36. The van der Waals surface area contributed by atoms with E-state index in [0.29, 0.717) is 52.4 Å². The monoisotopic (exact) mass is 518 g/mol. The van der Waals surface area contributed by atoms with Crippen molar-refractivity contribution < 1.29 is 19.4 Å². The second-order valence-corrected chi connectivity index (χ2v) is 9.25. The van der Waals surface area contributed by atoms with Gasteiger partial charge in [0.25, 0.3) is 5.91 Å². The number of unbranched alkanes of at least 4 members (excludes halogenated alkanes) is 2. The Hall–Kier alpha value is -2.54. The van der Waals surface area contributed by atoms with Crippen LogP contribution in [0.4, 0.5) is 0 Å². The Bertz CT molecular complexity index is 1040. The lowest BCUT2D eigenvalue weighted by atomic mass is 9.84. The van der Waals surface area contributed by atoms with Crippen molar-refractivity contribution in [3.05, 3.63) is 76.3 Å². The van der Waals surface area contributed by atoms with Gasteiger partial charge in [0, 0.05) is 47.2 Å². The summed E-state index contributed by atoms with van der Waals surface area (Å²) in [5.41, 5.74) is 0.0699. The molecule has 0 saturated heterocycles. The Kier molecular flexibility index (Phi) is 10.0. The number of aliphatic imine (C=N–C) groups is 1. The molecule has 2 aromatic rings. The minimum atomic E-state index is -1.27. The third kappa shape index (κ3) is 6.57. The van der Waals surface area contributed by atoms with Gasteiger partial charge in [0.15, 0.2) is 11.6 Å². The van der Waals surface area contributed by atoms with E-state index in [9.17, 15) is 4.79 Å². The van der Waals surface area contributed by atoms with Crippen LogP contribution >= 0.6 is 23.2 Å². The highest BCUT2D eigenvalue weighted by Gasteiger charge is 2.53. The van der Waals surface area contributed by atoms with Crippen LogP contribution in [0.15, 0.2) is 60.1 Å². The lowest BCUT2D eigenvalue weighted by Crippen LogP contribution is -2.48. The first-order valence-corrected chi connectivity index (χ1v) is 12.7. The van der Waals surface area contributed by atoms with Gasteiger partial charge in [-0.25, -0.2) is 4.99 Å². The first-order chi connectivity index (χ1) is 16.9. The van der Waals surface area contributed by atoms with Crippen LogP contribution in [-0.2, 0) is 9.53 Å². The first-order valence-electron chi connectivity index (χ1n) is 11.9. The van der Waals surface area contributed by atoms with E-state index in [0.717, 1.165) is 19.3 Å². The second kappa shape index (κ2) is 13.0. The smallest absolute Gasteiger partial charge is 0.252 e. The molecule has 0 saturated carbocycles. The largest absolute Gasteiger partial charge is 0.494 e. The fourth-order valence-electron chi connectivity index (χ4n) is 3.96. The molecular weight excluding hydrogens is 487 g/mol. The Balaban J connectivity index is 1.96. The van der Waals surface area contributed by atoms with Gasteiger partial charge in [-0.1, -0.05) is 55.1 Å². The number of ether oxygens (including phenoxy) is 2. The Morgan fingerprint density at radius 1 is 1.23 bits per heavy atom. The maximum Gasteiger partial charge on any atom is 0.252 e. The van der Waals surface area contributed by atoms with E-state index in [1.165, 1.54) is 0 Å². The summed E-state index contributed by atoms with van der Waals surface area (Å²) >= 11 is 12.7. The van der Waals surface area contributed by atoms with Gasteiger partial charge in [-0.3, -0.25) is 4.79 Å². The zero-order valence-electron chi connectivity index (χ0n) is 19.9. The van der Waals surface area contributed by atoms with E-state index in [2.05, 4.69) is 18.8 Å². The number of nitrogens with zero attached hydrogens (tertiary/aromatic N) is 1. The minimum Gasteiger partial charge on any atom is -0.494 e. The summed E-state index contributed by atoms with van der Waals surface area (Å²) in [5.74, 6) is 0.779. The number of carbonyl (C=O) groups is 1. The Labute approximate surface area is 217 Å². The highest BCUT2D eigenvalue weighted by Crippen LogP contribution is 2.45. The fourth-order valence-corrected chi connectivity index (χ4v) is 4.46. The molecule has 0 spiro atoms. The molecule has 0 radical (unpaired) electrons. The van der Waals surface area contributed by atoms with Crippen LogP contribution in [0.3, 0.4) is 0 Å². The predicted octanol–water partition coefficient (Wildman–Crippen LogP) is 5.89. The summed E-state index contributed by atoms with van der Waals surface area (Å²) in [4.78, 5) is 18.5. The van der Waals surface area contributed by atoms with Crippen molar-refractivity contribution in [3.63, 3.8) is 0 Å². The van der Waals surface area contributed by atoms with Crippen LogP contribution in [0.25, 0.3) is 0 Å². The lowest BCUT2D eigenvalue weighted by Gasteiger charge is -2.30. The maximum absolute atomic E-state index is 13.6. The molecule has 2 N–H and O–H groups in total. The number of benzene rings is 2. The summed E-state index contributed by atoms with van der Waals surface area (Å²) in [6.07, 6.45) is 4.71. The number of hydrogen-bond acceptors (Lipinski definition) is 5. The summed E-state index contributed by atoms with van der Waals surface area (Å²) in [6.45, 7) is 7.04. The van der Waals surface area contributed by atoms with Crippen LogP contribution in [-0.4, -0.2) is 42.2 Å². The number of nitrogens with one attached hydrogen (secondary N) is 1. The summed E-state index contributed by atoms with van der Waals surface area (Å²) in [6, 6.07) is 12.4. The number of rotatable bonds is 13. The fraction of sp³-hybridized carbons (Fsp3) is 0.407. The number of hydrogen-bond donors (Lipinski definition) is 2.